The third-order valence-corrected chi connectivity index (χ3v) is 1.64. The van der Waals surface area contributed by atoms with Crippen molar-refractivity contribution in [3.8, 4) is 0 Å². The Kier molecular flexibility index (Phi) is 3.29. The summed E-state index contributed by atoms with van der Waals surface area (Å²) in [6, 6.07) is 9.93. The highest BCUT2D eigenvalue weighted by atomic mass is 16.1. The first-order chi connectivity index (χ1) is 5.83. The number of hydrogen-bond donors (Lipinski definition) is 1. The highest BCUT2D eigenvalue weighted by Gasteiger charge is 1.94. The zero-order valence-corrected chi connectivity index (χ0v) is 6.81. The highest BCUT2D eigenvalue weighted by Crippen LogP contribution is 1.98. The first-order valence-electron chi connectivity index (χ1n) is 3.83. The first-order valence-corrected chi connectivity index (χ1v) is 3.83. The molecular weight excluding hydrogens is 152 g/mol. The van der Waals surface area contributed by atoms with Gasteiger partial charge in [-0.15, -0.1) is 0 Å². The van der Waals surface area contributed by atoms with Gasteiger partial charge in [0.25, 0.3) is 0 Å². The van der Waals surface area contributed by atoms with Crippen molar-refractivity contribution in [2.45, 2.75) is 6.42 Å². The van der Waals surface area contributed by atoms with Crippen molar-refractivity contribution >= 4 is 6.41 Å². The molecule has 0 aromatic heterocycles. The molecule has 0 unspecified atom stereocenters. The summed E-state index contributed by atoms with van der Waals surface area (Å²) in [5, 5.41) is 1.15. The summed E-state index contributed by atoms with van der Waals surface area (Å²) in [7, 11) is 0. The minimum atomic E-state index is 0.563. The van der Waals surface area contributed by atoms with Gasteiger partial charge in [-0.25, -0.2) is 5.84 Å². The van der Waals surface area contributed by atoms with Gasteiger partial charge >= 0.3 is 0 Å². The summed E-state index contributed by atoms with van der Waals surface area (Å²) in [4.78, 5) is 10.1. The number of carbonyl (C=O) groups excluding carboxylic acids is 1. The second-order valence-corrected chi connectivity index (χ2v) is 2.58. The largest absolute Gasteiger partial charge is 0.283 e. The summed E-state index contributed by atoms with van der Waals surface area (Å²) in [6.07, 6.45) is 1.43. The van der Waals surface area contributed by atoms with Crippen molar-refractivity contribution in [2.24, 2.45) is 5.84 Å². The first kappa shape index (κ1) is 8.74. The molecule has 1 amide bonds. The van der Waals surface area contributed by atoms with E-state index in [-0.39, 0.29) is 0 Å². The molecule has 0 saturated carbocycles. The molecule has 1 aromatic carbocycles. The van der Waals surface area contributed by atoms with Gasteiger partial charge in [-0.05, 0) is 12.0 Å². The SMILES string of the molecule is NN(C=O)CCc1ccccc1. The molecule has 0 aliphatic rings. The Morgan fingerprint density at radius 2 is 2.00 bits per heavy atom. The molecular formula is C9H12N2O. The Hall–Kier alpha value is -1.35. The van der Waals surface area contributed by atoms with Crippen LogP contribution >= 0.6 is 0 Å². The van der Waals surface area contributed by atoms with Crippen LogP contribution in [-0.2, 0) is 11.2 Å². The molecule has 0 aliphatic heterocycles. The predicted molar refractivity (Wildman–Crippen MR) is 47.1 cm³/mol. The van der Waals surface area contributed by atoms with Gasteiger partial charge in [0.1, 0.15) is 0 Å². The Balaban J connectivity index is 2.38. The minimum Gasteiger partial charge on any atom is -0.283 e. The molecule has 0 heterocycles. The Labute approximate surface area is 71.8 Å². The summed E-state index contributed by atoms with van der Waals surface area (Å²) < 4.78 is 0. The van der Waals surface area contributed by atoms with Crippen molar-refractivity contribution in [2.75, 3.05) is 6.54 Å². The van der Waals surface area contributed by atoms with Crippen LogP contribution in [0.5, 0.6) is 0 Å². The standard InChI is InChI=1S/C9H12N2O/c10-11(8-12)7-6-9-4-2-1-3-5-9/h1-5,8H,6-7,10H2. The second-order valence-electron chi connectivity index (χ2n) is 2.58. The number of nitrogens with two attached hydrogens (primary N) is 1. The Morgan fingerprint density at radius 1 is 1.33 bits per heavy atom. The number of nitrogens with zero attached hydrogens (tertiary/aromatic N) is 1. The zero-order valence-electron chi connectivity index (χ0n) is 6.81. The van der Waals surface area contributed by atoms with E-state index in [1.54, 1.807) is 0 Å². The quantitative estimate of drug-likeness (QED) is 0.306. The summed E-state index contributed by atoms with van der Waals surface area (Å²) in [6.45, 7) is 0.563. The highest BCUT2D eigenvalue weighted by molar-refractivity contribution is 5.45. The van der Waals surface area contributed by atoms with E-state index in [4.69, 9.17) is 5.84 Å². The van der Waals surface area contributed by atoms with Crippen molar-refractivity contribution in [3.05, 3.63) is 35.9 Å². The molecule has 0 bridgehead atoms. The lowest BCUT2D eigenvalue weighted by Crippen LogP contribution is -2.31. The van der Waals surface area contributed by atoms with E-state index in [2.05, 4.69) is 0 Å². The molecule has 3 nitrogen and oxygen atoms in total. The van der Waals surface area contributed by atoms with Gasteiger partial charge in [-0.1, -0.05) is 30.3 Å². The van der Waals surface area contributed by atoms with E-state index in [0.717, 1.165) is 11.4 Å². The zero-order chi connectivity index (χ0) is 8.81. The number of hydrazine groups is 1. The maximum atomic E-state index is 10.1. The molecule has 64 valence electrons. The van der Waals surface area contributed by atoms with E-state index < -0.39 is 0 Å². The summed E-state index contributed by atoms with van der Waals surface area (Å²) in [5.74, 6) is 5.29. The molecule has 0 aliphatic carbocycles. The van der Waals surface area contributed by atoms with Crippen LogP contribution in [0.2, 0.25) is 0 Å². The Morgan fingerprint density at radius 3 is 2.58 bits per heavy atom. The molecule has 0 spiro atoms. The summed E-state index contributed by atoms with van der Waals surface area (Å²) >= 11 is 0. The van der Waals surface area contributed by atoms with Crippen LogP contribution in [0.4, 0.5) is 0 Å². The van der Waals surface area contributed by atoms with E-state index in [0.29, 0.717) is 13.0 Å². The van der Waals surface area contributed by atoms with Gasteiger partial charge < -0.3 is 0 Å². The van der Waals surface area contributed by atoms with Gasteiger partial charge in [0.15, 0.2) is 0 Å². The minimum absolute atomic E-state index is 0.563. The van der Waals surface area contributed by atoms with Crippen molar-refractivity contribution in [3.63, 3.8) is 0 Å². The number of rotatable bonds is 4. The molecule has 1 aromatic rings. The fourth-order valence-corrected chi connectivity index (χ4v) is 0.956. The average Bonchev–Trinajstić information content (AvgIpc) is 2.16. The predicted octanol–water partition coefficient (Wildman–Crippen LogP) is 0.561. The van der Waals surface area contributed by atoms with Crippen LogP contribution in [0.3, 0.4) is 0 Å². The normalized spacial score (nSPS) is 9.42. The van der Waals surface area contributed by atoms with Gasteiger partial charge in [-0.3, -0.25) is 9.80 Å². The molecule has 0 fully saturated rings. The maximum Gasteiger partial charge on any atom is 0.223 e. The fraction of sp³-hybridized carbons (Fsp3) is 0.222. The lowest BCUT2D eigenvalue weighted by molar-refractivity contribution is -0.118. The maximum absolute atomic E-state index is 10.1. The second kappa shape index (κ2) is 4.51. The third kappa shape index (κ3) is 2.72. The summed E-state index contributed by atoms with van der Waals surface area (Å²) in [5.41, 5.74) is 1.19. The third-order valence-electron chi connectivity index (χ3n) is 1.64. The van der Waals surface area contributed by atoms with Gasteiger partial charge in [0, 0.05) is 6.54 Å². The lowest BCUT2D eigenvalue weighted by Gasteiger charge is -2.08. The van der Waals surface area contributed by atoms with Gasteiger partial charge in [0.05, 0.1) is 0 Å². The van der Waals surface area contributed by atoms with Crippen molar-refractivity contribution < 1.29 is 4.79 Å². The van der Waals surface area contributed by atoms with Crippen molar-refractivity contribution in [1.29, 1.82) is 0 Å². The van der Waals surface area contributed by atoms with Crippen LogP contribution in [0.15, 0.2) is 30.3 Å². The van der Waals surface area contributed by atoms with E-state index >= 15 is 0 Å². The Bertz CT molecular complexity index is 236. The molecule has 12 heavy (non-hydrogen) atoms. The van der Waals surface area contributed by atoms with E-state index in [1.807, 2.05) is 30.3 Å². The van der Waals surface area contributed by atoms with E-state index in [1.165, 1.54) is 5.56 Å². The van der Waals surface area contributed by atoms with Crippen LogP contribution < -0.4 is 5.84 Å². The van der Waals surface area contributed by atoms with Crippen LogP contribution in [0.1, 0.15) is 5.56 Å². The monoisotopic (exact) mass is 164 g/mol. The topological polar surface area (TPSA) is 46.3 Å². The average molecular weight is 164 g/mol. The number of hydrogen-bond acceptors (Lipinski definition) is 2. The lowest BCUT2D eigenvalue weighted by atomic mass is 10.1. The number of carbonyl (C=O) groups is 1. The number of amides is 1. The molecule has 0 radical (unpaired) electrons. The van der Waals surface area contributed by atoms with Gasteiger partial charge in [0.2, 0.25) is 6.41 Å². The molecule has 2 N–H and O–H groups in total. The van der Waals surface area contributed by atoms with Gasteiger partial charge in [-0.2, -0.15) is 0 Å². The molecule has 0 saturated heterocycles. The molecule has 3 heteroatoms. The molecule has 1 rings (SSSR count). The fourth-order valence-electron chi connectivity index (χ4n) is 0.956. The smallest absolute Gasteiger partial charge is 0.223 e. The van der Waals surface area contributed by atoms with Crippen LogP contribution in [0.25, 0.3) is 0 Å². The number of benzene rings is 1. The van der Waals surface area contributed by atoms with Crippen LogP contribution in [-0.4, -0.2) is 18.0 Å². The molecule has 0 atom stereocenters. The van der Waals surface area contributed by atoms with E-state index in [9.17, 15) is 4.79 Å². The van der Waals surface area contributed by atoms with Crippen LogP contribution in [0, 0.1) is 0 Å². The van der Waals surface area contributed by atoms with Crippen molar-refractivity contribution in [1.82, 2.24) is 5.01 Å².